The van der Waals surface area contributed by atoms with Crippen molar-refractivity contribution in [3.8, 4) is 11.5 Å². The molecule has 7 heteroatoms. The maximum atomic E-state index is 13.5. The van der Waals surface area contributed by atoms with Crippen LogP contribution in [0.1, 0.15) is 29.0 Å². The van der Waals surface area contributed by atoms with Gasteiger partial charge in [-0.3, -0.25) is 9.10 Å². The van der Waals surface area contributed by atoms with Crippen LogP contribution in [0.25, 0.3) is 0 Å². The maximum absolute atomic E-state index is 13.5. The Bertz CT molecular complexity index is 1240. The number of hydrogen-bond acceptors (Lipinski definition) is 4. The van der Waals surface area contributed by atoms with E-state index in [4.69, 9.17) is 4.74 Å². The number of carbonyl (C=O) groups is 1. The van der Waals surface area contributed by atoms with Gasteiger partial charge in [0, 0.05) is 23.4 Å². The summed E-state index contributed by atoms with van der Waals surface area (Å²) in [6, 6.07) is 20.4. The summed E-state index contributed by atoms with van der Waals surface area (Å²) in [6.07, 6.45) is 0.605. The average Bonchev–Trinajstić information content (AvgIpc) is 3.12. The number of benzene rings is 3. The second kappa shape index (κ2) is 7.42. The molecule has 0 unspecified atom stereocenters. The average molecular weight is 435 g/mol. The molecule has 0 aromatic heterocycles. The van der Waals surface area contributed by atoms with Gasteiger partial charge in [0.15, 0.2) is 0 Å². The van der Waals surface area contributed by atoms with Crippen molar-refractivity contribution in [2.24, 2.45) is 0 Å². The lowest BCUT2D eigenvalue weighted by Gasteiger charge is -2.27. The van der Waals surface area contributed by atoms with Crippen molar-refractivity contribution < 1.29 is 17.9 Å². The number of anilines is 2. The van der Waals surface area contributed by atoms with E-state index >= 15 is 0 Å². The Balaban J connectivity index is 1.51. The van der Waals surface area contributed by atoms with Crippen LogP contribution in [0, 0.1) is 6.92 Å². The highest BCUT2D eigenvalue weighted by molar-refractivity contribution is 7.93. The van der Waals surface area contributed by atoms with Crippen molar-refractivity contribution in [3.05, 3.63) is 83.4 Å². The topological polar surface area (TPSA) is 75.7 Å². The van der Waals surface area contributed by atoms with Gasteiger partial charge in [-0.1, -0.05) is 42.5 Å². The first-order valence-electron chi connectivity index (χ1n) is 10.2. The quantitative estimate of drug-likeness (QED) is 0.663. The number of carbonyl (C=O) groups excluding carboxylic acids is 1. The van der Waals surface area contributed by atoms with Gasteiger partial charge < -0.3 is 10.1 Å². The highest BCUT2D eigenvalue weighted by atomic mass is 32.2. The summed E-state index contributed by atoms with van der Waals surface area (Å²) < 4.78 is 32.1. The number of nitrogens with zero attached hydrogens (tertiary/aromatic N) is 1. The molecule has 1 saturated heterocycles. The SMILES string of the molecule is Cc1ccc(N2CCCS2(=O)=O)cc1NC(=O)C1c2ccccc2Oc2ccccc21. The van der Waals surface area contributed by atoms with E-state index < -0.39 is 15.9 Å². The molecule has 3 aromatic rings. The van der Waals surface area contributed by atoms with Crippen LogP contribution in [0.2, 0.25) is 0 Å². The van der Waals surface area contributed by atoms with E-state index in [1.165, 1.54) is 4.31 Å². The first kappa shape index (κ1) is 19.6. The van der Waals surface area contributed by atoms with Crippen molar-refractivity contribution in [1.82, 2.24) is 0 Å². The molecule has 158 valence electrons. The molecule has 0 radical (unpaired) electrons. The maximum Gasteiger partial charge on any atom is 0.236 e. The van der Waals surface area contributed by atoms with Gasteiger partial charge in [-0.2, -0.15) is 0 Å². The van der Waals surface area contributed by atoms with Crippen LogP contribution in [-0.4, -0.2) is 26.6 Å². The minimum absolute atomic E-state index is 0.151. The molecular weight excluding hydrogens is 412 g/mol. The number of ether oxygens (including phenoxy) is 1. The lowest BCUT2D eigenvalue weighted by molar-refractivity contribution is -0.116. The fourth-order valence-electron chi connectivity index (χ4n) is 4.23. The Labute approximate surface area is 181 Å². The summed E-state index contributed by atoms with van der Waals surface area (Å²) in [7, 11) is -3.29. The Morgan fingerprint density at radius 2 is 1.65 bits per heavy atom. The molecule has 1 fully saturated rings. The third-order valence-electron chi connectivity index (χ3n) is 5.81. The Hall–Kier alpha value is -3.32. The first-order chi connectivity index (χ1) is 14.9. The standard InChI is InChI=1S/C24H22N2O4S/c1-16-11-12-17(26-13-6-14-31(26,28)29)15-20(16)25-24(27)23-18-7-2-4-9-21(18)30-22-10-5-3-8-19(22)23/h2-5,7-12,15,23H,6,13-14H2,1H3,(H,25,27). The molecule has 3 aromatic carbocycles. The second-order valence-corrected chi connectivity index (χ2v) is 9.85. The second-order valence-electron chi connectivity index (χ2n) is 7.84. The molecule has 5 rings (SSSR count). The third kappa shape index (κ3) is 3.45. The number of fused-ring (bicyclic) bond motifs is 2. The Kier molecular flexibility index (Phi) is 4.70. The lowest BCUT2D eigenvalue weighted by Crippen LogP contribution is -2.27. The van der Waals surface area contributed by atoms with E-state index in [1.54, 1.807) is 12.1 Å². The molecule has 2 aliphatic rings. The number of aryl methyl sites for hydroxylation is 1. The molecule has 0 bridgehead atoms. The zero-order valence-corrected chi connectivity index (χ0v) is 17.9. The van der Waals surface area contributed by atoms with E-state index in [1.807, 2.05) is 61.5 Å². The van der Waals surface area contributed by atoms with Crippen LogP contribution in [0.15, 0.2) is 66.7 Å². The lowest BCUT2D eigenvalue weighted by atomic mass is 9.87. The van der Waals surface area contributed by atoms with Gasteiger partial charge in [-0.25, -0.2) is 8.42 Å². The van der Waals surface area contributed by atoms with Gasteiger partial charge in [0.2, 0.25) is 15.9 Å². The summed E-state index contributed by atoms with van der Waals surface area (Å²) in [5, 5.41) is 3.04. The van der Waals surface area contributed by atoms with Gasteiger partial charge in [-0.05, 0) is 43.2 Å². The fraction of sp³-hybridized carbons (Fsp3) is 0.208. The third-order valence-corrected chi connectivity index (χ3v) is 7.68. The monoisotopic (exact) mass is 434 g/mol. The molecule has 1 amide bonds. The van der Waals surface area contributed by atoms with Crippen molar-refractivity contribution in [2.75, 3.05) is 21.9 Å². The zero-order valence-electron chi connectivity index (χ0n) is 17.0. The normalized spacial score (nSPS) is 16.9. The number of para-hydroxylation sites is 2. The van der Waals surface area contributed by atoms with Crippen LogP contribution < -0.4 is 14.4 Å². The predicted octanol–water partition coefficient (Wildman–Crippen LogP) is 4.41. The van der Waals surface area contributed by atoms with Gasteiger partial charge in [0.1, 0.15) is 11.5 Å². The van der Waals surface area contributed by atoms with Crippen LogP contribution in [0.5, 0.6) is 11.5 Å². The largest absolute Gasteiger partial charge is 0.457 e. The smallest absolute Gasteiger partial charge is 0.236 e. The Morgan fingerprint density at radius 1 is 1.00 bits per heavy atom. The van der Waals surface area contributed by atoms with E-state index in [0.29, 0.717) is 35.8 Å². The number of sulfonamides is 1. The number of hydrogen-bond donors (Lipinski definition) is 1. The van der Waals surface area contributed by atoms with Crippen molar-refractivity contribution in [1.29, 1.82) is 0 Å². The summed E-state index contributed by atoms with van der Waals surface area (Å²) in [4.78, 5) is 13.5. The molecule has 0 spiro atoms. The van der Waals surface area contributed by atoms with Crippen molar-refractivity contribution >= 4 is 27.3 Å². The van der Waals surface area contributed by atoms with Crippen LogP contribution >= 0.6 is 0 Å². The van der Waals surface area contributed by atoms with Gasteiger partial charge in [-0.15, -0.1) is 0 Å². The predicted molar refractivity (Wildman–Crippen MR) is 120 cm³/mol. The van der Waals surface area contributed by atoms with Crippen LogP contribution in [-0.2, 0) is 14.8 Å². The zero-order chi connectivity index (χ0) is 21.6. The van der Waals surface area contributed by atoms with Crippen molar-refractivity contribution in [3.63, 3.8) is 0 Å². The van der Waals surface area contributed by atoms with Gasteiger partial charge in [0.25, 0.3) is 0 Å². The van der Waals surface area contributed by atoms with Crippen LogP contribution in [0.3, 0.4) is 0 Å². The molecule has 6 nitrogen and oxygen atoms in total. The van der Waals surface area contributed by atoms with Crippen molar-refractivity contribution in [2.45, 2.75) is 19.3 Å². The highest BCUT2D eigenvalue weighted by Crippen LogP contribution is 2.44. The molecule has 0 atom stereocenters. The molecule has 0 saturated carbocycles. The first-order valence-corrected chi connectivity index (χ1v) is 11.8. The number of amides is 1. The number of nitrogens with one attached hydrogen (secondary N) is 1. The molecule has 31 heavy (non-hydrogen) atoms. The molecule has 1 N–H and O–H groups in total. The van der Waals surface area contributed by atoms with E-state index in [0.717, 1.165) is 16.7 Å². The van der Waals surface area contributed by atoms with Gasteiger partial charge in [0.05, 0.1) is 17.4 Å². The van der Waals surface area contributed by atoms with E-state index in [2.05, 4.69) is 5.32 Å². The molecule has 2 aliphatic heterocycles. The number of rotatable bonds is 3. The van der Waals surface area contributed by atoms with E-state index in [-0.39, 0.29) is 11.7 Å². The molecule has 2 heterocycles. The minimum Gasteiger partial charge on any atom is -0.457 e. The Morgan fingerprint density at radius 3 is 2.26 bits per heavy atom. The summed E-state index contributed by atoms with van der Waals surface area (Å²) in [5.41, 5.74) is 3.64. The highest BCUT2D eigenvalue weighted by Gasteiger charge is 2.33. The fourth-order valence-corrected chi connectivity index (χ4v) is 5.78. The summed E-state index contributed by atoms with van der Waals surface area (Å²) in [6.45, 7) is 2.35. The van der Waals surface area contributed by atoms with Crippen LogP contribution in [0.4, 0.5) is 11.4 Å². The summed E-state index contributed by atoms with van der Waals surface area (Å²) in [5.74, 6) is 0.760. The van der Waals surface area contributed by atoms with Gasteiger partial charge >= 0.3 is 0 Å². The molecule has 0 aliphatic carbocycles. The minimum atomic E-state index is -3.29. The van der Waals surface area contributed by atoms with E-state index in [9.17, 15) is 13.2 Å². The molecular formula is C24H22N2O4S. The summed E-state index contributed by atoms with van der Waals surface area (Å²) >= 11 is 0.